The highest BCUT2D eigenvalue weighted by atomic mass is 16.5. The third-order valence-electron chi connectivity index (χ3n) is 3.74. The molecular formula is C15H18N2O3. The zero-order chi connectivity index (χ0) is 14.1. The molecule has 0 bridgehead atoms. The molecule has 1 aromatic carbocycles. The Labute approximate surface area is 117 Å². The molecule has 20 heavy (non-hydrogen) atoms. The van der Waals surface area contributed by atoms with E-state index in [1.54, 1.807) is 7.11 Å². The van der Waals surface area contributed by atoms with Crippen molar-refractivity contribution in [2.45, 2.75) is 18.9 Å². The van der Waals surface area contributed by atoms with Gasteiger partial charge in [0.1, 0.15) is 12.4 Å². The average Bonchev–Trinajstić information content (AvgIpc) is 2.95. The van der Waals surface area contributed by atoms with Gasteiger partial charge in [-0.25, -0.2) is 0 Å². The van der Waals surface area contributed by atoms with Gasteiger partial charge in [-0.15, -0.1) is 0 Å². The lowest BCUT2D eigenvalue weighted by atomic mass is 10.1. The number of fused-ring (bicyclic) bond motifs is 3. The van der Waals surface area contributed by atoms with E-state index in [1.165, 1.54) is 23.8 Å². The summed E-state index contributed by atoms with van der Waals surface area (Å²) in [5.74, 6) is 0.788. The van der Waals surface area contributed by atoms with E-state index in [-0.39, 0.29) is 18.6 Å². The number of carbonyl (C=O) groups is 1. The van der Waals surface area contributed by atoms with Gasteiger partial charge < -0.3 is 19.8 Å². The van der Waals surface area contributed by atoms with Crippen LogP contribution in [0, 0.1) is 0 Å². The first-order chi connectivity index (χ1) is 9.71. The summed E-state index contributed by atoms with van der Waals surface area (Å²) in [6, 6.07) is 6.18. The maximum atomic E-state index is 11.6. The molecule has 1 aliphatic rings. The van der Waals surface area contributed by atoms with Crippen LogP contribution in [0.15, 0.2) is 18.2 Å². The zero-order valence-electron chi connectivity index (χ0n) is 11.7. The molecule has 2 aromatic rings. The third-order valence-corrected chi connectivity index (χ3v) is 3.74. The predicted octanol–water partition coefficient (Wildman–Crippen LogP) is 1.41. The highest BCUT2D eigenvalue weighted by Gasteiger charge is 2.26. The molecule has 0 aliphatic heterocycles. The highest BCUT2D eigenvalue weighted by Crippen LogP contribution is 2.32. The van der Waals surface area contributed by atoms with Gasteiger partial charge in [-0.3, -0.25) is 4.79 Å². The van der Waals surface area contributed by atoms with Crippen LogP contribution in [0.4, 0.5) is 0 Å². The van der Waals surface area contributed by atoms with E-state index in [4.69, 9.17) is 9.47 Å². The predicted molar refractivity (Wildman–Crippen MR) is 76.1 cm³/mol. The van der Waals surface area contributed by atoms with Crippen molar-refractivity contribution in [2.24, 2.45) is 0 Å². The van der Waals surface area contributed by atoms with Crippen LogP contribution in [0.1, 0.15) is 11.3 Å². The van der Waals surface area contributed by atoms with E-state index in [1.807, 2.05) is 18.2 Å². The molecule has 1 heterocycles. The topological polar surface area (TPSA) is 63.3 Å². The SMILES string of the molecule is COCC(=O)NC1Cc2[nH]c3ccc(OC)cc3c2C1. The lowest BCUT2D eigenvalue weighted by Gasteiger charge is -2.12. The fourth-order valence-electron chi connectivity index (χ4n) is 2.88. The first kappa shape index (κ1) is 13.0. The van der Waals surface area contributed by atoms with Gasteiger partial charge in [-0.2, -0.15) is 0 Å². The van der Waals surface area contributed by atoms with E-state index in [0.717, 1.165) is 24.1 Å². The monoisotopic (exact) mass is 274 g/mol. The number of benzene rings is 1. The molecule has 0 fully saturated rings. The van der Waals surface area contributed by atoms with Crippen molar-refractivity contribution in [2.75, 3.05) is 20.8 Å². The molecule has 106 valence electrons. The second kappa shape index (κ2) is 5.17. The van der Waals surface area contributed by atoms with Crippen molar-refractivity contribution in [3.8, 4) is 5.75 Å². The van der Waals surface area contributed by atoms with E-state index in [9.17, 15) is 4.79 Å². The summed E-state index contributed by atoms with van der Waals surface area (Å²) in [5.41, 5.74) is 3.61. The van der Waals surface area contributed by atoms with Crippen LogP contribution in [0.25, 0.3) is 10.9 Å². The van der Waals surface area contributed by atoms with Crippen LogP contribution in [0.2, 0.25) is 0 Å². The van der Waals surface area contributed by atoms with Gasteiger partial charge in [0.2, 0.25) is 5.91 Å². The number of amides is 1. The quantitative estimate of drug-likeness (QED) is 0.886. The standard InChI is InChI=1S/C15H18N2O3/c1-19-8-15(18)16-9-5-11-12-7-10(20-2)3-4-13(12)17-14(11)6-9/h3-4,7,9,17H,5-6,8H2,1-2H3,(H,16,18). The number of H-pyrrole nitrogens is 1. The minimum Gasteiger partial charge on any atom is -0.497 e. The molecule has 1 unspecified atom stereocenters. The Hall–Kier alpha value is -2.01. The van der Waals surface area contributed by atoms with Gasteiger partial charge in [0.05, 0.1) is 7.11 Å². The Balaban J connectivity index is 1.81. The van der Waals surface area contributed by atoms with Crippen molar-refractivity contribution in [3.05, 3.63) is 29.5 Å². The lowest BCUT2D eigenvalue weighted by Crippen LogP contribution is -2.37. The van der Waals surface area contributed by atoms with Crippen LogP contribution in [-0.4, -0.2) is 37.8 Å². The van der Waals surface area contributed by atoms with E-state index in [2.05, 4.69) is 10.3 Å². The molecule has 0 radical (unpaired) electrons. The van der Waals surface area contributed by atoms with Gasteiger partial charge in [-0.05, 0) is 30.2 Å². The molecule has 0 saturated heterocycles. The molecule has 1 aromatic heterocycles. The molecule has 0 saturated carbocycles. The maximum absolute atomic E-state index is 11.6. The molecule has 3 rings (SSSR count). The third kappa shape index (κ3) is 2.25. The van der Waals surface area contributed by atoms with E-state index < -0.39 is 0 Å². The van der Waals surface area contributed by atoms with Crippen molar-refractivity contribution < 1.29 is 14.3 Å². The molecule has 5 nitrogen and oxygen atoms in total. The Morgan fingerprint density at radius 3 is 3.00 bits per heavy atom. The fraction of sp³-hybridized carbons (Fsp3) is 0.400. The van der Waals surface area contributed by atoms with Gasteiger partial charge in [-0.1, -0.05) is 0 Å². The van der Waals surface area contributed by atoms with E-state index in [0.29, 0.717) is 0 Å². The van der Waals surface area contributed by atoms with Crippen LogP contribution < -0.4 is 10.1 Å². The molecule has 1 aliphatic carbocycles. The zero-order valence-corrected chi connectivity index (χ0v) is 11.7. The van der Waals surface area contributed by atoms with Crippen molar-refractivity contribution >= 4 is 16.8 Å². The number of rotatable bonds is 4. The minimum atomic E-state index is -0.0652. The number of aromatic amines is 1. The van der Waals surface area contributed by atoms with Gasteiger partial charge in [0.15, 0.2) is 0 Å². The molecule has 1 amide bonds. The Kier molecular flexibility index (Phi) is 3.36. The number of nitrogens with one attached hydrogen (secondary N) is 2. The normalized spacial score (nSPS) is 17.2. The maximum Gasteiger partial charge on any atom is 0.246 e. The number of methoxy groups -OCH3 is 2. The average molecular weight is 274 g/mol. The first-order valence-electron chi connectivity index (χ1n) is 6.67. The van der Waals surface area contributed by atoms with Crippen molar-refractivity contribution in [1.29, 1.82) is 0 Å². The number of hydrogen-bond donors (Lipinski definition) is 2. The lowest BCUT2D eigenvalue weighted by molar-refractivity contribution is -0.125. The smallest absolute Gasteiger partial charge is 0.246 e. The summed E-state index contributed by atoms with van der Waals surface area (Å²) in [6.07, 6.45) is 1.68. The minimum absolute atomic E-state index is 0.0652. The Bertz CT molecular complexity index is 648. The van der Waals surface area contributed by atoms with Crippen LogP contribution >= 0.6 is 0 Å². The number of hydrogen-bond acceptors (Lipinski definition) is 3. The largest absolute Gasteiger partial charge is 0.497 e. The molecule has 0 spiro atoms. The summed E-state index contributed by atoms with van der Waals surface area (Å²) in [5, 5.41) is 4.17. The number of carbonyl (C=O) groups excluding carboxylic acids is 1. The number of ether oxygens (including phenoxy) is 2. The van der Waals surface area contributed by atoms with Crippen LogP contribution in [0.3, 0.4) is 0 Å². The van der Waals surface area contributed by atoms with Crippen LogP contribution in [-0.2, 0) is 22.4 Å². The van der Waals surface area contributed by atoms with Gasteiger partial charge in [0.25, 0.3) is 0 Å². The first-order valence-corrected chi connectivity index (χ1v) is 6.67. The number of aromatic nitrogens is 1. The second-order valence-electron chi connectivity index (χ2n) is 5.10. The molecule has 5 heteroatoms. The van der Waals surface area contributed by atoms with E-state index >= 15 is 0 Å². The summed E-state index contributed by atoms with van der Waals surface area (Å²) < 4.78 is 10.1. The highest BCUT2D eigenvalue weighted by molar-refractivity contribution is 5.87. The van der Waals surface area contributed by atoms with Crippen molar-refractivity contribution in [1.82, 2.24) is 10.3 Å². The second-order valence-corrected chi connectivity index (χ2v) is 5.10. The Morgan fingerprint density at radius 2 is 2.25 bits per heavy atom. The molecular weight excluding hydrogens is 256 g/mol. The fourth-order valence-corrected chi connectivity index (χ4v) is 2.88. The summed E-state index contributed by atoms with van der Waals surface area (Å²) in [7, 11) is 3.19. The Morgan fingerprint density at radius 1 is 1.40 bits per heavy atom. The molecule has 1 atom stereocenters. The summed E-state index contributed by atoms with van der Waals surface area (Å²) in [4.78, 5) is 15.0. The van der Waals surface area contributed by atoms with Gasteiger partial charge in [0, 0.05) is 36.2 Å². The van der Waals surface area contributed by atoms with Crippen LogP contribution in [0.5, 0.6) is 5.75 Å². The van der Waals surface area contributed by atoms with Gasteiger partial charge >= 0.3 is 0 Å². The summed E-state index contributed by atoms with van der Waals surface area (Å²) in [6.45, 7) is 0.110. The molecule has 2 N–H and O–H groups in total. The van der Waals surface area contributed by atoms with Crippen molar-refractivity contribution in [3.63, 3.8) is 0 Å². The summed E-state index contributed by atoms with van der Waals surface area (Å²) >= 11 is 0.